The number of carbonyl (C=O) groups excluding carboxylic acids is 1. The van der Waals surface area contributed by atoms with Crippen LogP contribution in [0, 0.1) is 20.8 Å². The van der Waals surface area contributed by atoms with Gasteiger partial charge in [-0.25, -0.2) is 9.97 Å². The van der Waals surface area contributed by atoms with Gasteiger partial charge in [0, 0.05) is 30.2 Å². The Morgan fingerprint density at radius 3 is 3.04 bits per heavy atom. The highest BCUT2D eigenvalue weighted by atomic mass is 32.1. The molecule has 0 radical (unpaired) electrons. The summed E-state index contributed by atoms with van der Waals surface area (Å²) in [4.78, 5) is 25.7. The smallest absolute Gasteiger partial charge is 0.261 e. The second-order valence-corrected chi connectivity index (χ2v) is 8.05. The van der Waals surface area contributed by atoms with Crippen molar-refractivity contribution in [1.29, 1.82) is 0 Å². The van der Waals surface area contributed by atoms with Crippen molar-refractivity contribution < 1.29 is 9.53 Å². The first-order valence-electron chi connectivity index (χ1n) is 8.91. The van der Waals surface area contributed by atoms with Crippen LogP contribution in [0.4, 0.5) is 0 Å². The third-order valence-electron chi connectivity index (χ3n) is 5.24. The highest BCUT2D eigenvalue weighted by molar-refractivity contribution is 7.20. The van der Waals surface area contributed by atoms with Gasteiger partial charge in [-0.05, 0) is 45.7 Å². The Balaban J connectivity index is 1.45. The summed E-state index contributed by atoms with van der Waals surface area (Å²) in [6.07, 6.45) is 2.57. The molecule has 2 fully saturated rings. The first-order chi connectivity index (χ1) is 12.0. The lowest BCUT2D eigenvalue weighted by Gasteiger charge is -2.35. The molecule has 2 aromatic rings. The molecule has 0 bridgehead atoms. The van der Waals surface area contributed by atoms with Gasteiger partial charge < -0.3 is 10.1 Å². The molecule has 134 valence electrons. The Kier molecular flexibility index (Phi) is 4.47. The summed E-state index contributed by atoms with van der Waals surface area (Å²) in [5.74, 6) is 0.707. The third kappa shape index (κ3) is 3.16. The van der Waals surface area contributed by atoms with Gasteiger partial charge in [0.25, 0.3) is 5.91 Å². The summed E-state index contributed by atoms with van der Waals surface area (Å²) in [6, 6.07) is 0.585. The van der Waals surface area contributed by atoms with Crippen LogP contribution in [-0.4, -0.2) is 59.2 Å². The van der Waals surface area contributed by atoms with Gasteiger partial charge >= 0.3 is 0 Å². The van der Waals surface area contributed by atoms with Crippen LogP contribution in [0.15, 0.2) is 0 Å². The van der Waals surface area contributed by atoms with E-state index in [1.54, 1.807) is 0 Å². The number of amides is 1. The molecule has 4 heterocycles. The highest BCUT2D eigenvalue weighted by Crippen LogP contribution is 2.31. The van der Waals surface area contributed by atoms with E-state index in [0.717, 1.165) is 51.9 Å². The SMILES string of the molecule is Cc1nc(C)c2c(C)c(C(=O)NCC3CN4CCCC4CO3)sc2n1. The Labute approximate surface area is 151 Å². The lowest BCUT2D eigenvalue weighted by atomic mass is 10.1. The summed E-state index contributed by atoms with van der Waals surface area (Å²) >= 11 is 1.45. The number of morpholine rings is 1. The molecule has 6 nitrogen and oxygen atoms in total. The number of carbonyl (C=O) groups is 1. The quantitative estimate of drug-likeness (QED) is 0.909. The number of aromatic nitrogens is 2. The van der Waals surface area contributed by atoms with Crippen LogP contribution in [0.3, 0.4) is 0 Å². The van der Waals surface area contributed by atoms with E-state index in [0.29, 0.717) is 12.6 Å². The zero-order chi connectivity index (χ0) is 17.6. The molecule has 0 spiro atoms. The van der Waals surface area contributed by atoms with E-state index in [-0.39, 0.29) is 12.0 Å². The van der Waals surface area contributed by atoms with Gasteiger partial charge in [-0.2, -0.15) is 0 Å². The van der Waals surface area contributed by atoms with Gasteiger partial charge in [-0.15, -0.1) is 11.3 Å². The zero-order valence-electron chi connectivity index (χ0n) is 15.0. The molecule has 2 saturated heterocycles. The summed E-state index contributed by atoms with van der Waals surface area (Å²) in [6.45, 7) is 9.25. The molecule has 2 atom stereocenters. The summed E-state index contributed by atoms with van der Waals surface area (Å²) in [5.41, 5.74) is 1.91. The monoisotopic (exact) mass is 360 g/mol. The summed E-state index contributed by atoms with van der Waals surface area (Å²) < 4.78 is 5.93. The third-order valence-corrected chi connectivity index (χ3v) is 6.43. The first kappa shape index (κ1) is 16.9. The van der Waals surface area contributed by atoms with Crippen LogP contribution in [-0.2, 0) is 4.74 Å². The van der Waals surface area contributed by atoms with Crippen molar-refractivity contribution in [3.8, 4) is 0 Å². The van der Waals surface area contributed by atoms with Crippen LogP contribution in [0.5, 0.6) is 0 Å². The number of nitrogens with one attached hydrogen (secondary N) is 1. The van der Waals surface area contributed by atoms with Gasteiger partial charge in [0.2, 0.25) is 0 Å². The van der Waals surface area contributed by atoms with Crippen molar-refractivity contribution >= 4 is 27.5 Å². The van der Waals surface area contributed by atoms with Crippen molar-refractivity contribution in [2.45, 2.75) is 45.8 Å². The number of rotatable bonds is 3. The predicted octanol–water partition coefficient (Wildman–Crippen LogP) is 2.21. The van der Waals surface area contributed by atoms with E-state index in [1.165, 1.54) is 24.2 Å². The largest absolute Gasteiger partial charge is 0.373 e. The summed E-state index contributed by atoms with van der Waals surface area (Å²) in [7, 11) is 0. The maximum atomic E-state index is 12.7. The van der Waals surface area contributed by atoms with E-state index in [9.17, 15) is 4.79 Å². The molecule has 0 saturated carbocycles. The molecule has 1 amide bonds. The van der Waals surface area contributed by atoms with Crippen LogP contribution in [0.2, 0.25) is 0 Å². The van der Waals surface area contributed by atoms with Crippen LogP contribution in [0.25, 0.3) is 10.2 Å². The van der Waals surface area contributed by atoms with E-state index < -0.39 is 0 Å². The maximum absolute atomic E-state index is 12.7. The topological polar surface area (TPSA) is 67.4 Å². The normalized spacial score (nSPS) is 23.8. The standard InChI is InChI=1S/C18H24N4O2S/c1-10-15-11(2)20-12(3)21-18(15)25-16(10)17(23)19-7-14-8-22-6-4-5-13(22)9-24-14/h13-14H,4-9H2,1-3H3,(H,19,23). The molecule has 0 aromatic carbocycles. The Hall–Kier alpha value is -1.57. The van der Waals surface area contributed by atoms with E-state index in [2.05, 4.69) is 20.2 Å². The van der Waals surface area contributed by atoms with E-state index >= 15 is 0 Å². The molecule has 7 heteroatoms. The number of aryl methyl sites for hydroxylation is 3. The average Bonchev–Trinajstić information content (AvgIpc) is 3.16. The summed E-state index contributed by atoms with van der Waals surface area (Å²) in [5, 5.41) is 4.06. The van der Waals surface area contributed by atoms with Gasteiger partial charge in [-0.3, -0.25) is 9.69 Å². The fourth-order valence-corrected chi connectivity index (χ4v) is 5.18. The Morgan fingerprint density at radius 2 is 2.20 bits per heavy atom. The Bertz CT molecular complexity index is 819. The number of nitrogens with zero attached hydrogens (tertiary/aromatic N) is 3. The molecule has 2 unspecified atom stereocenters. The van der Waals surface area contributed by atoms with Gasteiger partial charge in [0.15, 0.2) is 0 Å². The molecule has 2 aliphatic heterocycles. The lowest BCUT2D eigenvalue weighted by molar-refractivity contribution is -0.0461. The highest BCUT2D eigenvalue weighted by Gasteiger charge is 2.32. The second kappa shape index (κ2) is 6.63. The van der Waals surface area contributed by atoms with Crippen LogP contribution < -0.4 is 5.32 Å². The molecule has 2 aromatic heterocycles. The van der Waals surface area contributed by atoms with Crippen LogP contribution in [0.1, 0.15) is 39.6 Å². The van der Waals surface area contributed by atoms with Crippen molar-refractivity contribution in [3.63, 3.8) is 0 Å². The van der Waals surface area contributed by atoms with Crippen molar-refractivity contribution in [1.82, 2.24) is 20.2 Å². The number of hydrogen-bond acceptors (Lipinski definition) is 6. The minimum absolute atomic E-state index is 0.0373. The molecule has 4 rings (SSSR count). The zero-order valence-corrected chi connectivity index (χ0v) is 15.8. The minimum Gasteiger partial charge on any atom is -0.373 e. The minimum atomic E-state index is -0.0373. The van der Waals surface area contributed by atoms with Crippen molar-refractivity contribution in [2.75, 3.05) is 26.2 Å². The first-order valence-corrected chi connectivity index (χ1v) is 9.72. The molecule has 0 aliphatic carbocycles. The number of hydrogen-bond donors (Lipinski definition) is 1. The molecule has 1 N–H and O–H groups in total. The number of thiophene rings is 1. The second-order valence-electron chi connectivity index (χ2n) is 7.05. The van der Waals surface area contributed by atoms with E-state index in [4.69, 9.17) is 4.74 Å². The predicted molar refractivity (Wildman–Crippen MR) is 98.3 cm³/mol. The number of ether oxygens (including phenoxy) is 1. The number of fused-ring (bicyclic) bond motifs is 2. The van der Waals surface area contributed by atoms with Gasteiger partial charge in [-0.1, -0.05) is 0 Å². The molecular weight excluding hydrogens is 336 g/mol. The fraction of sp³-hybridized carbons (Fsp3) is 0.611. The fourth-order valence-electron chi connectivity index (χ4n) is 3.99. The van der Waals surface area contributed by atoms with Gasteiger partial charge in [0.1, 0.15) is 10.7 Å². The van der Waals surface area contributed by atoms with Crippen LogP contribution >= 0.6 is 11.3 Å². The molecular formula is C18H24N4O2S. The molecule has 25 heavy (non-hydrogen) atoms. The average molecular weight is 360 g/mol. The van der Waals surface area contributed by atoms with Crippen molar-refractivity contribution in [2.24, 2.45) is 0 Å². The lowest BCUT2D eigenvalue weighted by Crippen LogP contribution is -2.50. The van der Waals surface area contributed by atoms with Crippen molar-refractivity contribution in [3.05, 3.63) is 22.0 Å². The maximum Gasteiger partial charge on any atom is 0.261 e. The van der Waals surface area contributed by atoms with Gasteiger partial charge in [0.05, 0.1) is 17.6 Å². The van der Waals surface area contributed by atoms with E-state index in [1.807, 2.05) is 20.8 Å². The molecule has 2 aliphatic rings. The Morgan fingerprint density at radius 1 is 1.36 bits per heavy atom.